The lowest BCUT2D eigenvalue weighted by atomic mass is 9.51. The number of nitrogens with zero attached hydrogens (tertiary/aromatic N) is 1. The third-order valence-corrected chi connectivity index (χ3v) is 9.90. The number of rotatable bonds is 2. The highest BCUT2D eigenvalue weighted by Crippen LogP contribution is 2.43. The number of aromatic nitrogens is 1. The summed E-state index contributed by atoms with van der Waals surface area (Å²) in [4.78, 5) is 0. The van der Waals surface area contributed by atoms with E-state index in [2.05, 4.69) is 138 Å². The quantitative estimate of drug-likeness (QED) is 0.185. The van der Waals surface area contributed by atoms with Gasteiger partial charge < -0.3 is 18.4 Å². The van der Waals surface area contributed by atoms with Crippen LogP contribution in [0.3, 0.4) is 0 Å². The fourth-order valence-electron chi connectivity index (χ4n) is 7.80. The molecule has 2 aliphatic heterocycles. The summed E-state index contributed by atoms with van der Waals surface area (Å²) in [5.41, 5.74) is 11.5. The standard InChI is InChI=1S/C42H24BNO3/c1-4-14-34-27(9-1)28-10-2-5-15-35(28)44(34)36-16-8-13-33-42(36)46-38-18-7-12-32-31-22-20-26(24-40(31)47-43(33)41(32)38)25-19-21-30-29-11-3-6-17-37(29)45-39(30)23-25/h1-24H. The lowest BCUT2D eigenvalue weighted by Gasteiger charge is -2.33. The first-order valence-electron chi connectivity index (χ1n) is 16.0. The van der Waals surface area contributed by atoms with Crippen molar-refractivity contribution in [1.29, 1.82) is 0 Å². The number of benzene rings is 7. The van der Waals surface area contributed by atoms with Crippen LogP contribution in [-0.2, 0) is 0 Å². The van der Waals surface area contributed by atoms with E-state index in [1.54, 1.807) is 0 Å². The molecular weight excluding hydrogens is 577 g/mol. The number of furan rings is 1. The molecule has 9 aromatic rings. The predicted molar refractivity (Wildman–Crippen MR) is 191 cm³/mol. The van der Waals surface area contributed by atoms with Gasteiger partial charge in [-0.1, -0.05) is 97.1 Å². The topological polar surface area (TPSA) is 36.5 Å². The number of fused-ring (bicyclic) bond motifs is 10. The highest BCUT2D eigenvalue weighted by Gasteiger charge is 2.41. The van der Waals surface area contributed by atoms with Crippen molar-refractivity contribution in [2.75, 3.05) is 0 Å². The Bertz CT molecular complexity index is 2720. The largest absolute Gasteiger partial charge is 0.551 e. The van der Waals surface area contributed by atoms with Crippen molar-refractivity contribution >= 4 is 61.6 Å². The molecule has 47 heavy (non-hydrogen) atoms. The number of ether oxygens (including phenoxy) is 1. The van der Waals surface area contributed by atoms with Gasteiger partial charge in [0.2, 0.25) is 0 Å². The van der Waals surface area contributed by atoms with Crippen molar-refractivity contribution < 1.29 is 13.8 Å². The van der Waals surface area contributed by atoms with Gasteiger partial charge in [-0.25, -0.2) is 0 Å². The molecule has 0 fully saturated rings. The van der Waals surface area contributed by atoms with Crippen LogP contribution < -0.4 is 20.3 Å². The Balaban J connectivity index is 1.07. The van der Waals surface area contributed by atoms with E-state index in [-0.39, 0.29) is 6.92 Å². The molecular formula is C42H24BNO3. The third-order valence-electron chi connectivity index (χ3n) is 9.90. The van der Waals surface area contributed by atoms with Crippen molar-refractivity contribution in [1.82, 2.24) is 4.57 Å². The highest BCUT2D eigenvalue weighted by atomic mass is 16.5. The van der Waals surface area contributed by atoms with Crippen LogP contribution in [0.1, 0.15) is 0 Å². The van der Waals surface area contributed by atoms with Crippen molar-refractivity contribution in [3.8, 4) is 45.2 Å². The second-order valence-electron chi connectivity index (χ2n) is 12.4. The van der Waals surface area contributed by atoms with E-state index in [0.29, 0.717) is 0 Å². The molecule has 2 aromatic heterocycles. The molecule has 4 nitrogen and oxygen atoms in total. The Morgan fingerprint density at radius 3 is 2.04 bits per heavy atom. The molecule has 0 atom stereocenters. The minimum atomic E-state index is -0.307. The summed E-state index contributed by atoms with van der Waals surface area (Å²) in [6, 6.07) is 51.0. The van der Waals surface area contributed by atoms with Crippen LogP contribution in [0, 0.1) is 0 Å². The molecule has 4 heterocycles. The van der Waals surface area contributed by atoms with Crippen molar-refractivity contribution in [3.63, 3.8) is 0 Å². The van der Waals surface area contributed by atoms with Gasteiger partial charge in [-0.15, -0.1) is 0 Å². The first kappa shape index (κ1) is 25.0. The van der Waals surface area contributed by atoms with Gasteiger partial charge in [0.05, 0.1) is 16.7 Å². The average Bonchev–Trinajstić information content (AvgIpc) is 3.67. The predicted octanol–water partition coefficient (Wildman–Crippen LogP) is 9.62. The van der Waals surface area contributed by atoms with E-state index >= 15 is 0 Å². The summed E-state index contributed by atoms with van der Waals surface area (Å²) < 4.78 is 22.4. The fourth-order valence-corrected chi connectivity index (χ4v) is 7.80. The molecule has 0 aliphatic carbocycles. The van der Waals surface area contributed by atoms with E-state index in [9.17, 15) is 0 Å². The van der Waals surface area contributed by atoms with Crippen LogP contribution in [0.5, 0.6) is 17.2 Å². The summed E-state index contributed by atoms with van der Waals surface area (Å²) in [6.45, 7) is -0.307. The summed E-state index contributed by atoms with van der Waals surface area (Å²) >= 11 is 0. The normalized spacial score (nSPS) is 13.0. The zero-order chi connectivity index (χ0) is 30.6. The van der Waals surface area contributed by atoms with Gasteiger partial charge in [0, 0.05) is 38.0 Å². The van der Waals surface area contributed by atoms with E-state index in [1.165, 1.54) is 10.8 Å². The van der Waals surface area contributed by atoms with Gasteiger partial charge in [0.1, 0.15) is 28.4 Å². The lowest BCUT2D eigenvalue weighted by Crippen LogP contribution is -2.53. The van der Waals surface area contributed by atoms with Crippen LogP contribution in [0.2, 0.25) is 0 Å². The smallest absolute Gasteiger partial charge is 0.434 e. The molecule has 0 spiro atoms. The molecule has 2 aliphatic rings. The van der Waals surface area contributed by atoms with E-state index in [4.69, 9.17) is 13.8 Å². The second-order valence-corrected chi connectivity index (χ2v) is 12.4. The Morgan fingerprint density at radius 2 is 1.19 bits per heavy atom. The minimum absolute atomic E-state index is 0.307. The fraction of sp³-hybridized carbons (Fsp3) is 0. The van der Waals surface area contributed by atoms with Gasteiger partial charge in [-0.05, 0) is 65.2 Å². The molecule has 0 radical (unpaired) electrons. The molecule has 0 N–H and O–H groups in total. The molecule has 0 unspecified atom stereocenters. The minimum Gasteiger partial charge on any atom is -0.551 e. The van der Waals surface area contributed by atoms with Crippen molar-refractivity contribution in [2.24, 2.45) is 0 Å². The van der Waals surface area contributed by atoms with Gasteiger partial charge in [0.25, 0.3) is 0 Å². The first-order chi connectivity index (χ1) is 23.3. The average molecular weight is 601 g/mol. The zero-order valence-corrected chi connectivity index (χ0v) is 25.1. The van der Waals surface area contributed by atoms with Crippen LogP contribution in [0.25, 0.3) is 71.7 Å². The van der Waals surface area contributed by atoms with Gasteiger partial charge in [-0.3, -0.25) is 0 Å². The lowest BCUT2D eigenvalue weighted by molar-refractivity contribution is 0.477. The van der Waals surface area contributed by atoms with Gasteiger partial charge in [0.15, 0.2) is 0 Å². The Hall–Kier alpha value is -6.20. The molecule has 0 bridgehead atoms. The molecule has 11 rings (SSSR count). The first-order valence-corrected chi connectivity index (χ1v) is 16.0. The van der Waals surface area contributed by atoms with E-state index in [1.807, 2.05) is 12.1 Å². The zero-order valence-electron chi connectivity index (χ0n) is 25.1. The Labute approximate surface area is 270 Å². The van der Waals surface area contributed by atoms with Crippen molar-refractivity contribution in [3.05, 3.63) is 146 Å². The SMILES string of the molecule is c1cc2c3c(c1)-c1ccc(-c4ccc5c(c4)oc4ccccc45)cc1OB3c1cccc(-n3c4ccccc4c4ccccc43)c1O2. The molecule has 0 saturated heterocycles. The summed E-state index contributed by atoms with van der Waals surface area (Å²) in [5, 5.41) is 4.69. The molecule has 218 valence electrons. The molecule has 0 saturated carbocycles. The van der Waals surface area contributed by atoms with Crippen LogP contribution in [0.4, 0.5) is 0 Å². The number of hydrogen-bond donors (Lipinski definition) is 0. The van der Waals surface area contributed by atoms with E-state index in [0.717, 1.165) is 89.1 Å². The molecule has 0 amide bonds. The summed E-state index contributed by atoms with van der Waals surface area (Å²) in [5.74, 6) is 2.51. The maximum absolute atomic E-state index is 7.00. The van der Waals surface area contributed by atoms with Gasteiger partial charge >= 0.3 is 6.92 Å². The van der Waals surface area contributed by atoms with Crippen LogP contribution >= 0.6 is 0 Å². The second kappa shape index (κ2) is 9.18. The van der Waals surface area contributed by atoms with Crippen LogP contribution in [-0.4, -0.2) is 11.5 Å². The third kappa shape index (κ3) is 3.43. The molecule has 7 aromatic carbocycles. The van der Waals surface area contributed by atoms with E-state index < -0.39 is 0 Å². The van der Waals surface area contributed by atoms with Gasteiger partial charge in [-0.2, -0.15) is 0 Å². The maximum atomic E-state index is 7.00. The monoisotopic (exact) mass is 601 g/mol. The maximum Gasteiger partial charge on any atom is 0.434 e. The van der Waals surface area contributed by atoms with Crippen LogP contribution in [0.15, 0.2) is 150 Å². The summed E-state index contributed by atoms with van der Waals surface area (Å²) in [7, 11) is 0. The number of para-hydroxylation sites is 4. The Kier molecular flexibility index (Phi) is 4.89. The molecule has 5 heteroatoms. The Morgan fingerprint density at radius 1 is 0.489 bits per heavy atom. The summed E-state index contributed by atoms with van der Waals surface area (Å²) in [6.07, 6.45) is 0. The number of hydrogen-bond acceptors (Lipinski definition) is 3. The van der Waals surface area contributed by atoms with Crippen molar-refractivity contribution in [2.45, 2.75) is 0 Å². The highest BCUT2D eigenvalue weighted by molar-refractivity contribution is 6.84.